The number of aromatic nitrogens is 3. The molecule has 1 N–H and O–H groups in total. The summed E-state index contributed by atoms with van der Waals surface area (Å²) in [5.41, 5.74) is 3.67. The molecule has 6 rings (SSSR count). The third-order valence-corrected chi connectivity index (χ3v) is 7.75. The lowest BCUT2D eigenvalue weighted by atomic mass is 9.83. The molecular weight excluding hydrogens is 414 g/mol. The fourth-order valence-electron chi connectivity index (χ4n) is 5.52. The van der Waals surface area contributed by atoms with Gasteiger partial charge < -0.3 is 19.5 Å². The number of fused-ring (bicyclic) bond motifs is 2. The molecule has 0 spiro atoms. The molecule has 0 radical (unpaired) electrons. The number of benzene rings is 1. The largest absolute Gasteiger partial charge is 0.377 e. The summed E-state index contributed by atoms with van der Waals surface area (Å²) in [5, 5.41) is 1.11. The van der Waals surface area contributed by atoms with Crippen LogP contribution >= 0.6 is 0 Å². The Balaban J connectivity index is 1.52. The highest BCUT2D eigenvalue weighted by molar-refractivity contribution is 5.93. The van der Waals surface area contributed by atoms with Gasteiger partial charge in [-0.05, 0) is 45.7 Å². The summed E-state index contributed by atoms with van der Waals surface area (Å²) in [7, 11) is 0. The highest BCUT2D eigenvalue weighted by atomic mass is 16.5. The van der Waals surface area contributed by atoms with Gasteiger partial charge in [0.05, 0.1) is 37.0 Å². The van der Waals surface area contributed by atoms with Gasteiger partial charge in [0.25, 0.3) is 0 Å². The van der Waals surface area contributed by atoms with Crippen LogP contribution in [0.15, 0.2) is 30.5 Å². The molecule has 0 unspecified atom stereocenters. The van der Waals surface area contributed by atoms with Gasteiger partial charge >= 0.3 is 0 Å². The smallest absolute Gasteiger partial charge is 0.226 e. The highest BCUT2D eigenvalue weighted by Gasteiger charge is 2.47. The van der Waals surface area contributed by atoms with Crippen LogP contribution in [0.3, 0.4) is 0 Å². The fourth-order valence-corrected chi connectivity index (χ4v) is 5.52. The molecule has 172 valence electrons. The van der Waals surface area contributed by atoms with E-state index in [1.54, 1.807) is 0 Å². The lowest BCUT2D eigenvalue weighted by Gasteiger charge is -2.37. The number of anilines is 1. The van der Waals surface area contributed by atoms with Gasteiger partial charge in [-0.1, -0.05) is 18.6 Å². The number of nitrogens with one attached hydrogen (secondary N) is 1. The monoisotopic (exact) mass is 445 g/mol. The zero-order valence-corrected chi connectivity index (χ0v) is 19.6. The predicted octanol–water partition coefficient (Wildman–Crippen LogP) is 4.23. The highest BCUT2D eigenvalue weighted by Crippen LogP contribution is 2.45. The molecule has 1 aliphatic carbocycles. The number of carbonyl (C=O) groups excluding carboxylic acids is 1. The van der Waals surface area contributed by atoms with Crippen LogP contribution in [0.2, 0.25) is 0 Å². The molecule has 1 saturated heterocycles. The fraction of sp³-hybridized carbons (Fsp3) is 0.500. The molecule has 2 aromatic heterocycles. The van der Waals surface area contributed by atoms with E-state index in [4.69, 9.17) is 14.7 Å². The number of hydrogen-bond acceptors (Lipinski definition) is 5. The molecule has 0 bridgehead atoms. The minimum Gasteiger partial charge on any atom is -0.377 e. The van der Waals surface area contributed by atoms with Crippen molar-refractivity contribution in [3.8, 4) is 11.4 Å². The maximum Gasteiger partial charge on any atom is 0.226 e. The summed E-state index contributed by atoms with van der Waals surface area (Å²) in [5.74, 6) is 2.10. The van der Waals surface area contributed by atoms with Gasteiger partial charge in [0.2, 0.25) is 5.91 Å². The predicted molar refractivity (Wildman–Crippen MR) is 128 cm³/mol. The van der Waals surface area contributed by atoms with E-state index in [-0.39, 0.29) is 17.9 Å². The van der Waals surface area contributed by atoms with Crippen molar-refractivity contribution in [2.45, 2.75) is 58.2 Å². The number of rotatable bonds is 3. The number of amides is 1. The molecule has 7 nitrogen and oxygen atoms in total. The van der Waals surface area contributed by atoms with Gasteiger partial charge in [-0.25, -0.2) is 9.97 Å². The Hall–Kier alpha value is -2.93. The molecule has 3 aliphatic rings. The first-order valence-corrected chi connectivity index (χ1v) is 12.1. The number of carbonyl (C=O) groups is 1. The van der Waals surface area contributed by atoms with Gasteiger partial charge in [-0.3, -0.25) is 4.79 Å². The Morgan fingerprint density at radius 3 is 2.82 bits per heavy atom. The molecule has 1 aromatic carbocycles. The number of hydrogen-bond donors (Lipinski definition) is 1. The molecule has 4 heterocycles. The van der Waals surface area contributed by atoms with E-state index in [1.807, 2.05) is 17.2 Å². The zero-order valence-electron chi connectivity index (χ0n) is 19.6. The van der Waals surface area contributed by atoms with Crippen molar-refractivity contribution in [3.05, 3.63) is 41.7 Å². The summed E-state index contributed by atoms with van der Waals surface area (Å²) in [6.45, 7) is 9.17. The maximum atomic E-state index is 13.4. The molecule has 1 amide bonds. The summed E-state index contributed by atoms with van der Waals surface area (Å²) in [6.07, 6.45) is 5.11. The molecular formula is C26H31N5O2. The van der Waals surface area contributed by atoms with E-state index in [0.29, 0.717) is 19.8 Å². The number of aromatic amines is 1. The van der Waals surface area contributed by atoms with Crippen molar-refractivity contribution in [2.24, 2.45) is 5.92 Å². The molecule has 33 heavy (non-hydrogen) atoms. The van der Waals surface area contributed by atoms with Crippen molar-refractivity contribution < 1.29 is 9.53 Å². The number of morpholine rings is 1. The van der Waals surface area contributed by atoms with Crippen LogP contribution in [0, 0.1) is 5.92 Å². The van der Waals surface area contributed by atoms with Gasteiger partial charge in [-0.15, -0.1) is 0 Å². The first-order valence-electron chi connectivity index (χ1n) is 12.1. The Bertz CT molecular complexity index is 1230. The van der Waals surface area contributed by atoms with Gasteiger partial charge in [-0.2, -0.15) is 0 Å². The molecule has 2 aliphatic heterocycles. The van der Waals surface area contributed by atoms with E-state index in [0.717, 1.165) is 65.2 Å². The molecule has 3 aromatic rings. The molecule has 1 saturated carbocycles. The second-order valence-corrected chi connectivity index (χ2v) is 10.2. The standard InChI is InChI=1S/C26H31N5O2/c1-16-15-33-13-12-30(16)24-20-14-31(25(32)17-6-4-7-17)26(2,3)22(20)28-23(29-24)19-8-5-9-21-18(19)10-11-27-21/h5,8-11,16-17,27H,4,6-7,12-15H2,1-3H3/t16-/m1/s1. The van der Waals surface area contributed by atoms with Crippen molar-refractivity contribution in [3.63, 3.8) is 0 Å². The Morgan fingerprint density at radius 1 is 1.21 bits per heavy atom. The zero-order chi connectivity index (χ0) is 22.7. The van der Waals surface area contributed by atoms with Crippen LogP contribution in [0.25, 0.3) is 22.3 Å². The van der Waals surface area contributed by atoms with Crippen LogP contribution in [-0.2, 0) is 21.6 Å². The third-order valence-electron chi connectivity index (χ3n) is 7.75. The first-order chi connectivity index (χ1) is 15.9. The van der Waals surface area contributed by atoms with Crippen LogP contribution in [0.5, 0.6) is 0 Å². The van der Waals surface area contributed by atoms with Crippen molar-refractivity contribution >= 4 is 22.6 Å². The Labute approximate surface area is 194 Å². The second kappa shape index (κ2) is 7.55. The number of nitrogens with zero attached hydrogens (tertiary/aromatic N) is 4. The topological polar surface area (TPSA) is 74.3 Å². The van der Waals surface area contributed by atoms with Gasteiger partial charge in [0.15, 0.2) is 5.82 Å². The molecule has 1 atom stereocenters. The van der Waals surface area contributed by atoms with Crippen molar-refractivity contribution in [2.75, 3.05) is 24.7 Å². The summed E-state index contributed by atoms with van der Waals surface area (Å²) in [4.78, 5) is 31.4. The normalized spacial score (nSPS) is 22.5. The second-order valence-electron chi connectivity index (χ2n) is 10.2. The van der Waals surface area contributed by atoms with E-state index in [1.165, 1.54) is 0 Å². The van der Waals surface area contributed by atoms with Crippen LogP contribution < -0.4 is 4.90 Å². The van der Waals surface area contributed by atoms with Crippen LogP contribution in [0.4, 0.5) is 5.82 Å². The lowest BCUT2D eigenvalue weighted by molar-refractivity contribution is -0.143. The Kier molecular flexibility index (Phi) is 4.73. The molecule has 2 fully saturated rings. The minimum atomic E-state index is -0.476. The number of H-pyrrole nitrogens is 1. The third kappa shape index (κ3) is 3.16. The Morgan fingerprint density at radius 2 is 2.06 bits per heavy atom. The maximum absolute atomic E-state index is 13.4. The van der Waals surface area contributed by atoms with E-state index in [2.05, 4.69) is 48.9 Å². The van der Waals surface area contributed by atoms with E-state index in [9.17, 15) is 4.79 Å². The lowest BCUT2D eigenvalue weighted by Crippen LogP contribution is -2.45. The van der Waals surface area contributed by atoms with Gasteiger partial charge in [0.1, 0.15) is 5.82 Å². The van der Waals surface area contributed by atoms with E-state index >= 15 is 0 Å². The quantitative estimate of drug-likeness (QED) is 0.653. The average Bonchev–Trinajstić information content (AvgIpc) is 3.34. The summed E-state index contributed by atoms with van der Waals surface area (Å²) < 4.78 is 5.72. The van der Waals surface area contributed by atoms with Crippen LogP contribution in [-0.4, -0.2) is 51.6 Å². The van der Waals surface area contributed by atoms with Gasteiger partial charge in [0, 0.05) is 40.7 Å². The van der Waals surface area contributed by atoms with Crippen molar-refractivity contribution in [1.29, 1.82) is 0 Å². The molecule has 7 heteroatoms. The van der Waals surface area contributed by atoms with Crippen LogP contribution in [0.1, 0.15) is 51.3 Å². The summed E-state index contributed by atoms with van der Waals surface area (Å²) >= 11 is 0. The number of ether oxygens (including phenoxy) is 1. The first kappa shape index (κ1) is 20.7. The van der Waals surface area contributed by atoms with E-state index < -0.39 is 5.54 Å². The summed E-state index contributed by atoms with van der Waals surface area (Å²) in [6, 6.07) is 8.49. The van der Waals surface area contributed by atoms with Crippen molar-refractivity contribution in [1.82, 2.24) is 19.9 Å². The average molecular weight is 446 g/mol. The SMILES string of the molecule is C[C@@H]1COCCN1c1nc(-c2cccc3[nH]ccc23)nc2c1CN(C(=O)C1CCC1)C2(C)C. The minimum absolute atomic E-state index is 0.158.